The Labute approximate surface area is 97.0 Å². The monoisotopic (exact) mass is 220 g/mol. The van der Waals surface area contributed by atoms with Gasteiger partial charge >= 0.3 is 0 Å². The number of hydrogen-bond acceptors (Lipinski definition) is 3. The zero-order valence-electron chi connectivity index (χ0n) is 10.2. The minimum Gasteiger partial charge on any atom is -0.384 e. The third kappa shape index (κ3) is 3.22. The Bertz CT molecular complexity index is 360. The van der Waals surface area contributed by atoms with E-state index in [9.17, 15) is 0 Å². The van der Waals surface area contributed by atoms with Crippen molar-refractivity contribution in [1.29, 1.82) is 5.41 Å². The van der Waals surface area contributed by atoms with Gasteiger partial charge in [0.2, 0.25) is 0 Å². The lowest BCUT2D eigenvalue weighted by Crippen LogP contribution is -2.24. The van der Waals surface area contributed by atoms with Gasteiger partial charge in [-0.05, 0) is 18.4 Å². The van der Waals surface area contributed by atoms with Crippen molar-refractivity contribution in [3.8, 4) is 0 Å². The normalized spacial score (nSPS) is 10.5. The van der Waals surface area contributed by atoms with Crippen molar-refractivity contribution in [1.82, 2.24) is 4.98 Å². The summed E-state index contributed by atoms with van der Waals surface area (Å²) in [6.07, 6.45) is 4.54. The first-order valence-corrected chi connectivity index (χ1v) is 5.52. The van der Waals surface area contributed by atoms with E-state index in [2.05, 4.69) is 23.7 Å². The highest BCUT2D eigenvalue weighted by Crippen LogP contribution is 2.18. The summed E-state index contributed by atoms with van der Waals surface area (Å²) in [4.78, 5) is 6.18. The number of aromatic nitrogens is 1. The largest absolute Gasteiger partial charge is 0.384 e. The first kappa shape index (κ1) is 12.5. The first-order valence-electron chi connectivity index (χ1n) is 5.52. The van der Waals surface area contributed by atoms with Crippen molar-refractivity contribution in [3.63, 3.8) is 0 Å². The van der Waals surface area contributed by atoms with Crippen LogP contribution in [-0.2, 0) is 0 Å². The van der Waals surface area contributed by atoms with Gasteiger partial charge in [0.25, 0.3) is 0 Å². The number of nitrogens with zero attached hydrogens (tertiary/aromatic N) is 2. The van der Waals surface area contributed by atoms with Crippen LogP contribution in [0.3, 0.4) is 0 Å². The molecule has 88 valence electrons. The summed E-state index contributed by atoms with van der Waals surface area (Å²) in [5.74, 6) is 0.758. The number of nitrogens with two attached hydrogens (primary N) is 1. The molecule has 0 aromatic carbocycles. The van der Waals surface area contributed by atoms with E-state index in [1.165, 1.54) is 0 Å². The first-order chi connectivity index (χ1) is 7.52. The Balaban J connectivity index is 2.82. The molecule has 4 heteroatoms. The van der Waals surface area contributed by atoms with Crippen molar-refractivity contribution < 1.29 is 0 Å². The molecule has 0 saturated heterocycles. The van der Waals surface area contributed by atoms with Gasteiger partial charge in [-0.1, -0.05) is 13.8 Å². The molecule has 1 heterocycles. The second-order valence-corrected chi connectivity index (χ2v) is 4.41. The average Bonchev–Trinajstić information content (AvgIpc) is 2.25. The van der Waals surface area contributed by atoms with Gasteiger partial charge in [-0.2, -0.15) is 0 Å². The summed E-state index contributed by atoms with van der Waals surface area (Å²) < 4.78 is 0. The van der Waals surface area contributed by atoms with Gasteiger partial charge in [-0.25, -0.2) is 0 Å². The third-order valence-electron chi connectivity index (χ3n) is 2.54. The zero-order chi connectivity index (χ0) is 12.1. The molecule has 3 N–H and O–H groups in total. The number of nitrogen functional groups attached to an aromatic ring is 1. The zero-order valence-corrected chi connectivity index (χ0v) is 10.2. The van der Waals surface area contributed by atoms with Crippen molar-refractivity contribution >= 4 is 11.5 Å². The molecule has 1 aromatic rings. The van der Waals surface area contributed by atoms with Gasteiger partial charge < -0.3 is 10.6 Å². The van der Waals surface area contributed by atoms with E-state index in [1.807, 2.05) is 7.05 Å². The highest BCUT2D eigenvalue weighted by atomic mass is 15.1. The van der Waals surface area contributed by atoms with Gasteiger partial charge in [0.1, 0.15) is 5.84 Å². The van der Waals surface area contributed by atoms with Crippen molar-refractivity contribution in [2.24, 2.45) is 11.7 Å². The maximum atomic E-state index is 7.51. The molecule has 0 aliphatic rings. The molecular formula is C12H20N4. The SMILES string of the molecule is CC(C)CCN(C)c1cnccc1C(=N)N. The van der Waals surface area contributed by atoms with Crippen molar-refractivity contribution in [2.75, 3.05) is 18.5 Å². The minimum atomic E-state index is 0.0915. The fourth-order valence-electron chi connectivity index (χ4n) is 1.49. The molecular weight excluding hydrogens is 200 g/mol. The highest BCUT2D eigenvalue weighted by Gasteiger charge is 2.09. The Morgan fingerprint density at radius 3 is 2.81 bits per heavy atom. The number of nitrogens with one attached hydrogen (secondary N) is 1. The van der Waals surface area contributed by atoms with E-state index < -0.39 is 0 Å². The number of amidine groups is 1. The molecule has 0 fully saturated rings. The predicted molar refractivity (Wildman–Crippen MR) is 68.0 cm³/mol. The fraction of sp³-hybridized carbons (Fsp3) is 0.500. The summed E-state index contributed by atoms with van der Waals surface area (Å²) in [7, 11) is 2.01. The summed E-state index contributed by atoms with van der Waals surface area (Å²) in [5, 5.41) is 7.51. The topological polar surface area (TPSA) is 66.0 Å². The van der Waals surface area contributed by atoms with Crippen LogP contribution in [0.15, 0.2) is 18.5 Å². The van der Waals surface area contributed by atoms with Gasteiger partial charge in [-0.3, -0.25) is 10.4 Å². The lowest BCUT2D eigenvalue weighted by atomic mass is 10.1. The van der Waals surface area contributed by atoms with E-state index in [0.717, 1.165) is 24.2 Å². The molecule has 1 rings (SSSR count). The molecule has 1 aromatic heterocycles. The maximum absolute atomic E-state index is 7.51. The molecule has 0 radical (unpaired) electrons. The van der Waals surface area contributed by atoms with Crippen LogP contribution in [-0.4, -0.2) is 24.4 Å². The second kappa shape index (κ2) is 5.49. The Morgan fingerprint density at radius 1 is 1.56 bits per heavy atom. The van der Waals surface area contributed by atoms with Crippen LogP contribution < -0.4 is 10.6 Å². The number of hydrogen-bond donors (Lipinski definition) is 2. The molecule has 0 atom stereocenters. The Hall–Kier alpha value is -1.58. The lowest BCUT2D eigenvalue weighted by molar-refractivity contribution is 0.585. The van der Waals surface area contributed by atoms with Crippen LogP contribution in [0, 0.1) is 11.3 Å². The molecule has 0 aliphatic heterocycles. The molecule has 0 amide bonds. The molecule has 4 nitrogen and oxygen atoms in total. The van der Waals surface area contributed by atoms with Gasteiger partial charge in [0, 0.05) is 25.4 Å². The van der Waals surface area contributed by atoms with Crippen molar-refractivity contribution in [2.45, 2.75) is 20.3 Å². The standard InChI is InChI=1S/C12H20N4/c1-9(2)5-7-16(3)11-8-15-6-4-10(11)12(13)14/h4,6,8-9H,5,7H2,1-3H3,(H3,13,14). The van der Waals surface area contributed by atoms with E-state index in [4.69, 9.17) is 11.1 Å². The van der Waals surface area contributed by atoms with Gasteiger partial charge in [0.05, 0.1) is 11.9 Å². The quantitative estimate of drug-likeness (QED) is 0.588. The Kier molecular flexibility index (Phi) is 4.28. The number of anilines is 1. The van der Waals surface area contributed by atoms with E-state index >= 15 is 0 Å². The van der Waals surface area contributed by atoms with Gasteiger partial charge in [0.15, 0.2) is 0 Å². The smallest absolute Gasteiger partial charge is 0.125 e. The number of pyridine rings is 1. The van der Waals surface area contributed by atoms with Crippen molar-refractivity contribution in [3.05, 3.63) is 24.0 Å². The van der Waals surface area contributed by atoms with E-state index in [1.54, 1.807) is 18.5 Å². The average molecular weight is 220 g/mol. The van der Waals surface area contributed by atoms with Gasteiger partial charge in [-0.15, -0.1) is 0 Å². The lowest BCUT2D eigenvalue weighted by Gasteiger charge is -2.22. The highest BCUT2D eigenvalue weighted by molar-refractivity contribution is 6.00. The van der Waals surface area contributed by atoms with Crippen LogP contribution in [0.4, 0.5) is 5.69 Å². The summed E-state index contributed by atoms with van der Waals surface area (Å²) in [6, 6.07) is 1.78. The molecule has 0 aliphatic carbocycles. The molecule has 16 heavy (non-hydrogen) atoms. The summed E-state index contributed by atoms with van der Waals surface area (Å²) in [6.45, 7) is 5.34. The van der Waals surface area contributed by atoms with Crippen LogP contribution in [0.5, 0.6) is 0 Å². The number of rotatable bonds is 5. The molecule has 0 saturated carbocycles. The summed E-state index contributed by atoms with van der Waals surface area (Å²) >= 11 is 0. The maximum Gasteiger partial charge on any atom is 0.125 e. The third-order valence-corrected chi connectivity index (χ3v) is 2.54. The van der Waals surface area contributed by atoms with Crippen LogP contribution in [0.2, 0.25) is 0 Å². The predicted octanol–water partition coefficient (Wildman–Crippen LogP) is 1.85. The van der Waals surface area contributed by atoms with Crippen LogP contribution in [0.1, 0.15) is 25.8 Å². The van der Waals surface area contributed by atoms with Crippen LogP contribution in [0.25, 0.3) is 0 Å². The fourth-order valence-corrected chi connectivity index (χ4v) is 1.49. The van der Waals surface area contributed by atoms with Crippen LogP contribution >= 0.6 is 0 Å². The minimum absolute atomic E-state index is 0.0915. The molecule has 0 spiro atoms. The van der Waals surface area contributed by atoms with E-state index in [-0.39, 0.29) is 5.84 Å². The molecule has 0 unspecified atom stereocenters. The van der Waals surface area contributed by atoms with E-state index in [0.29, 0.717) is 5.92 Å². The Morgan fingerprint density at radius 2 is 2.25 bits per heavy atom. The second-order valence-electron chi connectivity index (χ2n) is 4.41. The summed E-state index contributed by atoms with van der Waals surface area (Å²) in [5.41, 5.74) is 7.21. The molecule has 0 bridgehead atoms.